The summed E-state index contributed by atoms with van der Waals surface area (Å²) in [6, 6.07) is 14.8. The van der Waals surface area contributed by atoms with E-state index >= 15 is 0 Å². The van der Waals surface area contributed by atoms with Gasteiger partial charge in [-0.1, -0.05) is 30.2 Å². The van der Waals surface area contributed by atoms with Crippen LogP contribution in [0.15, 0.2) is 58.4 Å². The Morgan fingerprint density at radius 1 is 1.09 bits per heavy atom. The molecule has 2 heterocycles. The Hall–Kier alpha value is -2.81. The summed E-state index contributed by atoms with van der Waals surface area (Å²) in [6.45, 7) is 2.51. The van der Waals surface area contributed by atoms with Gasteiger partial charge in [0, 0.05) is 11.4 Å². The second-order valence-electron chi connectivity index (χ2n) is 7.99. The molecule has 172 valence electrons. The second-order valence-corrected chi connectivity index (χ2v) is 8.79. The van der Waals surface area contributed by atoms with E-state index in [9.17, 15) is 4.79 Å². The fraction of sp³-hybridized carbons (Fsp3) is 0.333. The van der Waals surface area contributed by atoms with E-state index in [1.54, 1.807) is 30.1 Å². The molecule has 0 atom stereocenters. The number of rotatable bonds is 7. The molecule has 1 saturated heterocycles. The number of methoxy groups -OCH3 is 1. The molecule has 0 spiro atoms. The Kier molecular flexibility index (Phi) is 7.69. The van der Waals surface area contributed by atoms with E-state index < -0.39 is 0 Å². The van der Waals surface area contributed by atoms with Crippen LogP contribution in [0, 0.1) is 4.77 Å². The number of piperidine rings is 1. The summed E-state index contributed by atoms with van der Waals surface area (Å²) in [7, 11) is 1.62. The smallest absolute Gasteiger partial charge is 0.297 e. The molecular weight excluding hydrogens is 458 g/mol. The highest BCUT2D eigenvalue weighted by Gasteiger charge is 2.15. The highest BCUT2D eigenvalue weighted by Crippen LogP contribution is 2.13. The molecular formula is C24H26ClN5O2S. The summed E-state index contributed by atoms with van der Waals surface area (Å²) in [4.78, 5) is 15.6. The lowest BCUT2D eigenvalue weighted by atomic mass is 10.1. The second kappa shape index (κ2) is 10.9. The van der Waals surface area contributed by atoms with Gasteiger partial charge in [0.25, 0.3) is 5.56 Å². The first kappa shape index (κ1) is 23.4. The van der Waals surface area contributed by atoms with Crippen molar-refractivity contribution >= 4 is 30.0 Å². The van der Waals surface area contributed by atoms with Gasteiger partial charge in [-0.15, -0.1) is 0 Å². The van der Waals surface area contributed by atoms with Gasteiger partial charge in [0.2, 0.25) is 4.77 Å². The molecule has 1 fully saturated rings. The average molecular weight is 484 g/mol. The molecule has 1 aromatic heterocycles. The largest absolute Gasteiger partial charge is 0.497 e. The first-order valence-electron chi connectivity index (χ1n) is 10.9. The van der Waals surface area contributed by atoms with Crippen molar-refractivity contribution in [1.29, 1.82) is 0 Å². The fourth-order valence-corrected chi connectivity index (χ4v) is 4.11. The molecule has 0 saturated carbocycles. The Morgan fingerprint density at radius 3 is 2.45 bits per heavy atom. The number of hydrogen-bond donors (Lipinski definition) is 0. The molecule has 1 aliphatic heterocycles. The van der Waals surface area contributed by atoms with E-state index in [0.29, 0.717) is 23.8 Å². The maximum atomic E-state index is 13.3. The highest BCUT2D eigenvalue weighted by molar-refractivity contribution is 7.71. The van der Waals surface area contributed by atoms with Crippen LogP contribution in [0.1, 0.15) is 36.1 Å². The molecule has 0 bridgehead atoms. The number of ether oxygens (including phenoxy) is 1. The van der Waals surface area contributed by atoms with Crippen molar-refractivity contribution in [3.05, 3.63) is 85.5 Å². The zero-order chi connectivity index (χ0) is 23.2. The molecule has 2 aromatic carbocycles. The molecule has 1 aliphatic rings. The summed E-state index contributed by atoms with van der Waals surface area (Å²) in [5.41, 5.74) is 1.83. The van der Waals surface area contributed by atoms with E-state index in [-0.39, 0.29) is 10.3 Å². The molecule has 7 nitrogen and oxygen atoms in total. The first-order chi connectivity index (χ1) is 16.0. The number of aromatic nitrogens is 3. The minimum Gasteiger partial charge on any atom is -0.497 e. The molecule has 0 N–H and O–H groups in total. The number of nitrogens with zero attached hydrogens (tertiary/aromatic N) is 5. The number of likely N-dealkylation sites (tertiary alicyclic amines) is 1. The van der Waals surface area contributed by atoms with Gasteiger partial charge in [-0.25, -0.2) is 4.68 Å². The minimum atomic E-state index is -0.324. The summed E-state index contributed by atoms with van der Waals surface area (Å²) >= 11 is 11.6. The van der Waals surface area contributed by atoms with Gasteiger partial charge in [-0.05, 0) is 85.7 Å². The van der Waals surface area contributed by atoms with Crippen LogP contribution in [0.3, 0.4) is 0 Å². The summed E-state index contributed by atoms with van der Waals surface area (Å²) in [6.07, 6.45) is 5.53. The fourth-order valence-electron chi connectivity index (χ4n) is 3.75. The summed E-state index contributed by atoms with van der Waals surface area (Å²) in [5, 5.41) is 9.72. The summed E-state index contributed by atoms with van der Waals surface area (Å²) < 4.78 is 8.44. The minimum absolute atomic E-state index is 0.273. The molecule has 33 heavy (non-hydrogen) atoms. The molecule has 0 amide bonds. The lowest BCUT2D eigenvalue weighted by molar-refractivity contribution is 0.167. The predicted octanol–water partition coefficient (Wildman–Crippen LogP) is 4.35. The van der Waals surface area contributed by atoms with Gasteiger partial charge >= 0.3 is 0 Å². The number of benzene rings is 2. The SMILES string of the molecule is COc1ccc(/C=N/n2c(=O)c(Cc3ccc(Cl)cc3)nn(CN3CCCCC3)c2=S)cc1. The van der Waals surface area contributed by atoms with Crippen molar-refractivity contribution in [2.24, 2.45) is 5.10 Å². The number of hydrogen-bond acceptors (Lipinski definition) is 6. The third-order valence-electron chi connectivity index (χ3n) is 5.59. The van der Waals surface area contributed by atoms with Crippen molar-refractivity contribution in [2.45, 2.75) is 32.4 Å². The van der Waals surface area contributed by atoms with Gasteiger partial charge in [0.05, 0.1) is 20.0 Å². The maximum absolute atomic E-state index is 13.3. The predicted molar refractivity (Wildman–Crippen MR) is 133 cm³/mol. The lowest BCUT2D eigenvalue weighted by Crippen LogP contribution is -2.36. The lowest BCUT2D eigenvalue weighted by Gasteiger charge is -2.26. The van der Waals surface area contributed by atoms with Crippen molar-refractivity contribution in [1.82, 2.24) is 19.4 Å². The van der Waals surface area contributed by atoms with Crippen molar-refractivity contribution < 1.29 is 4.74 Å². The topological polar surface area (TPSA) is 64.7 Å². The van der Waals surface area contributed by atoms with Crippen LogP contribution in [0.5, 0.6) is 5.75 Å². The Balaban J connectivity index is 1.71. The van der Waals surface area contributed by atoms with E-state index in [2.05, 4.69) is 15.1 Å². The van der Waals surface area contributed by atoms with Crippen LogP contribution in [-0.2, 0) is 13.1 Å². The van der Waals surface area contributed by atoms with Crippen LogP contribution < -0.4 is 10.3 Å². The third-order valence-corrected chi connectivity index (χ3v) is 6.22. The molecule has 4 rings (SSSR count). The van der Waals surface area contributed by atoms with Gasteiger partial charge in [0.1, 0.15) is 11.4 Å². The van der Waals surface area contributed by atoms with Gasteiger partial charge < -0.3 is 4.74 Å². The highest BCUT2D eigenvalue weighted by atomic mass is 35.5. The van der Waals surface area contributed by atoms with E-state index in [4.69, 9.17) is 28.6 Å². The van der Waals surface area contributed by atoms with Crippen molar-refractivity contribution in [2.75, 3.05) is 20.2 Å². The Bertz CT molecular complexity index is 1230. The van der Waals surface area contributed by atoms with Crippen LogP contribution in [-0.4, -0.2) is 45.8 Å². The van der Waals surface area contributed by atoms with Crippen molar-refractivity contribution in [3.63, 3.8) is 0 Å². The molecule has 3 aromatic rings. The van der Waals surface area contributed by atoms with Crippen LogP contribution in [0.4, 0.5) is 0 Å². The van der Waals surface area contributed by atoms with Crippen LogP contribution in [0.2, 0.25) is 5.02 Å². The van der Waals surface area contributed by atoms with E-state index in [1.807, 2.05) is 36.4 Å². The summed E-state index contributed by atoms with van der Waals surface area (Å²) in [5.74, 6) is 0.752. The first-order valence-corrected chi connectivity index (χ1v) is 11.7. The van der Waals surface area contributed by atoms with E-state index in [1.165, 1.54) is 11.1 Å². The van der Waals surface area contributed by atoms with Crippen LogP contribution in [0.25, 0.3) is 0 Å². The molecule has 9 heteroatoms. The molecule has 0 radical (unpaired) electrons. The Labute approximate surface area is 202 Å². The maximum Gasteiger partial charge on any atom is 0.297 e. The average Bonchev–Trinajstić information content (AvgIpc) is 2.84. The standard InChI is InChI=1S/C24H26ClN5O2S/c1-32-21-11-7-19(8-12-21)16-26-30-23(31)22(15-18-5-9-20(25)10-6-18)27-29(24(30)33)17-28-13-3-2-4-14-28/h5-12,16H,2-4,13-15,17H2,1H3/b26-16+. The van der Waals surface area contributed by atoms with E-state index in [0.717, 1.165) is 42.8 Å². The van der Waals surface area contributed by atoms with Crippen LogP contribution >= 0.6 is 23.8 Å². The number of halogens is 1. The van der Waals surface area contributed by atoms with Crippen molar-refractivity contribution in [3.8, 4) is 5.75 Å². The van der Waals surface area contributed by atoms with Gasteiger partial charge in [-0.3, -0.25) is 9.69 Å². The quantitative estimate of drug-likeness (QED) is 0.369. The zero-order valence-electron chi connectivity index (χ0n) is 18.5. The van der Waals surface area contributed by atoms with Gasteiger partial charge in [0.15, 0.2) is 0 Å². The molecule has 0 unspecified atom stereocenters. The molecule has 0 aliphatic carbocycles. The Morgan fingerprint density at radius 2 is 1.79 bits per heavy atom. The monoisotopic (exact) mass is 483 g/mol. The normalized spacial score (nSPS) is 14.6. The zero-order valence-corrected chi connectivity index (χ0v) is 20.1. The third kappa shape index (κ3) is 5.96. The van der Waals surface area contributed by atoms with Gasteiger partial charge in [-0.2, -0.15) is 14.9 Å².